The van der Waals surface area contributed by atoms with Gasteiger partial charge in [0.1, 0.15) is 30.2 Å². The van der Waals surface area contributed by atoms with Gasteiger partial charge in [0.05, 0.1) is 19.4 Å². The number of aliphatic hydroxyl groups excluding tert-OH is 2. The zero-order valence-electron chi connectivity index (χ0n) is 14.9. The summed E-state index contributed by atoms with van der Waals surface area (Å²) in [5, 5.41) is 39.7. The number of imidazole rings is 1. The van der Waals surface area contributed by atoms with Crippen molar-refractivity contribution in [3.63, 3.8) is 0 Å². The maximum Gasteiger partial charge on any atom is 0.469 e. The molecule has 1 fully saturated rings. The second-order valence-electron chi connectivity index (χ2n) is 6.18. The molecule has 17 heteroatoms. The predicted molar refractivity (Wildman–Crippen MR) is 91.7 cm³/mol. The molecule has 1 aliphatic rings. The summed E-state index contributed by atoms with van der Waals surface area (Å²) in [7, 11) is -4.87. The molecule has 1 saturated heterocycles. The Balaban J connectivity index is 2.16. The molecule has 0 aromatic carbocycles. The fourth-order valence-electron chi connectivity index (χ4n) is 2.62. The van der Waals surface area contributed by atoms with E-state index in [1.165, 1.54) is 0 Å². The third kappa shape index (κ3) is 5.51. The summed E-state index contributed by atoms with van der Waals surface area (Å²) in [6, 6.07) is -1.76. The van der Waals surface area contributed by atoms with Crippen molar-refractivity contribution in [2.45, 2.75) is 37.0 Å². The van der Waals surface area contributed by atoms with E-state index in [1.54, 1.807) is 0 Å². The summed E-state index contributed by atoms with van der Waals surface area (Å²) in [5.74, 6) is -4.61. The summed E-state index contributed by atoms with van der Waals surface area (Å²) in [6.45, 7) is -0.767. The molecule has 0 aliphatic carbocycles. The quantitative estimate of drug-likeness (QED) is 0.171. The third-order valence-electron chi connectivity index (χ3n) is 4.05. The summed E-state index contributed by atoms with van der Waals surface area (Å²) >= 11 is 0. The Morgan fingerprint density at radius 3 is 2.47 bits per heavy atom. The minimum Gasteiger partial charge on any atom is -0.481 e. The molecule has 2 rings (SSSR count). The number of hydrogen-bond acceptors (Lipinski definition) is 10. The number of nitrogens with one attached hydrogen (secondary N) is 1. The molecule has 0 unspecified atom stereocenters. The summed E-state index contributed by atoms with van der Waals surface area (Å²) < 4.78 is 21.2. The van der Waals surface area contributed by atoms with Crippen LogP contribution >= 0.6 is 7.82 Å². The Kier molecular flexibility index (Phi) is 7.14. The number of rotatable bonds is 9. The van der Waals surface area contributed by atoms with Crippen LogP contribution < -0.4 is 11.1 Å². The van der Waals surface area contributed by atoms with Gasteiger partial charge < -0.3 is 46.0 Å². The Labute approximate surface area is 167 Å². The maximum atomic E-state index is 12.2. The molecule has 0 saturated carbocycles. The molecular formula is C13H19N4O12P. The number of hydrogen-bond donors (Lipinski definition) is 8. The highest BCUT2D eigenvalue weighted by Gasteiger charge is 2.45. The number of carbonyl (C=O) groups excluding carboxylic acids is 1. The van der Waals surface area contributed by atoms with Crippen molar-refractivity contribution in [1.29, 1.82) is 0 Å². The molecule has 0 spiro atoms. The van der Waals surface area contributed by atoms with Crippen molar-refractivity contribution >= 4 is 31.5 Å². The number of ether oxygens (including phenoxy) is 1. The van der Waals surface area contributed by atoms with Gasteiger partial charge >= 0.3 is 19.8 Å². The first-order chi connectivity index (χ1) is 13.8. The highest BCUT2D eigenvalue weighted by Crippen LogP contribution is 2.38. The van der Waals surface area contributed by atoms with E-state index in [-0.39, 0.29) is 0 Å². The first kappa shape index (κ1) is 23.7. The largest absolute Gasteiger partial charge is 0.481 e. The van der Waals surface area contributed by atoms with Crippen LogP contribution in [-0.2, 0) is 23.4 Å². The highest BCUT2D eigenvalue weighted by molar-refractivity contribution is 7.46. The minimum atomic E-state index is -4.87. The zero-order valence-corrected chi connectivity index (χ0v) is 15.8. The van der Waals surface area contributed by atoms with Gasteiger partial charge in [-0.1, -0.05) is 0 Å². The number of nitrogens with zero attached hydrogens (tertiary/aromatic N) is 2. The number of aromatic nitrogens is 2. The van der Waals surface area contributed by atoms with Crippen LogP contribution in [0.2, 0.25) is 0 Å². The summed E-state index contributed by atoms with van der Waals surface area (Å²) in [6.07, 6.45) is -6.03. The number of phosphoric ester groups is 1. The third-order valence-corrected chi connectivity index (χ3v) is 4.53. The molecule has 30 heavy (non-hydrogen) atoms. The molecule has 9 N–H and O–H groups in total. The van der Waals surface area contributed by atoms with Crippen molar-refractivity contribution in [1.82, 2.24) is 14.9 Å². The van der Waals surface area contributed by atoms with Crippen molar-refractivity contribution in [3.8, 4) is 0 Å². The van der Waals surface area contributed by atoms with Crippen LogP contribution in [-0.4, -0.2) is 88.6 Å². The van der Waals surface area contributed by atoms with E-state index in [4.69, 9.17) is 30.5 Å². The van der Waals surface area contributed by atoms with Crippen LogP contribution in [0.25, 0.3) is 0 Å². The molecule has 1 aliphatic heterocycles. The lowest BCUT2D eigenvalue weighted by atomic mass is 10.1. The molecular weight excluding hydrogens is 435 g/mol. The molecule has 1 aromatic heterocycles. The van der Waals surface area contributed by atoms with E-state index in [9.17, 15) is 29.2 Å². The molecule has 0 bridgehead atoms. The zero-order chi connectivity index (χ0) is 22.8. The maximum absolute atomic E-state index is 12.2. The van der Waals surface area contributed by atoms with E-state index in [1.807, 2.05) is 5.32 Å². The lowest BCUT2D eigenvalue weighted by molar-refractivity contribution is -0.145. The molecule has 5 atom stereocenters. The highest BCUT2D eigenvalue weighted by atomic mass is 31.2. The van der Waals surface area contributed by atoms with Crippen molar-refractivity contribution in [3.05, 3.63) is 12.0 Å². The van der Waals surface area contributed by atoms with E-state index in [2.05, 4.69) is 9.51 Å². The fraction of sp³-hybridized carbons (Fsp3) is 0.538. The average molecular weight is 454 g/mol. The molecule has 168 valence electrons. The second-order valence-corrected chi connectivity index (χ2v) is 7.42. The monoisotopic (exact) mass is 454 g/mol. The van der Waals surface area contributed by atoms with Gasteiger partial charge in [-0.15, -0.1) is 0 Å². The van der Waals surface area contributed by atoms with Crippen molar-refractivity contribution in [2.24, 2.45) is 0 Å². The van der Waals surface area contributed by atoms with Crippen LogP contribution in [0.15, 0.2) is 6.33 Å². The number of carbonyl (C=O) groups is 3. The van der Waals surface area contributed by atoms with Crippen LogP contribution in [0.5, 0.6) is 0 Å². The number of phosphoric acid groups is 1. The van der Waals surface area contributed by atoms with Gasteiger partial charge in [-0.2, -0.15) is 0 Å². The Hall–Kier alpha value is -2.59. The van der Waals surface area contributed by atoms with Gasteiger partial charge in [0.15, 0.2) is 11.9 Å². The number of carboxylic acid groups (broad SMARTS) is 2. The van der Waals surface area contributed by atoms with Crippen LogP contribution in [0.3, 0.4) is 0 Å². The predicted octanol–water partition coefficient (Wildman–Crippen LogP) is -3.15. The number of nitrogens with two attached hydrogens (primary N) is 1. The van der Waals surface area contributed by atoms with E-state index >= 15 is 0 Å². The number of aliphatic carboxylic acids is 2. The molecule has 2 heterocycles. The van der Waals surface area contributed by atoms with E-state index in [0.29, 0.717) is 0 Å². The van der Waals surface area contributed by atoms with Crippen LogP contribution in [0.4, 0.5) is 5.82 Å². The van der Waals surface area contributed by atoms with Crippen LogP contribution in [0, 0.1) is 0 Å². The van der Waals surface area contributed by atoms with Gasteiger partial charge in [0, 0.05) is 0 Å². The molecule has 0 radical (unpaired) electrons. The van der Waals surface area contributed by atoms with Gasteiger partial charge in [0.25, 0.3) is 5.91 Å². The first-order valence-corrected chi connectivity index (χ1v) is 9.64. The van der Waals surface area contributed by atoms with E-state index < -0.39 is 80.8 Å². The lowest BCUT2D eigenvalue weighted by Crippen LogP contribution is -2.42. The molecule has 1 aromatic rings. The number of nitrogen functional groups attached to an aromatic ring is 1. The minimum absolute atomic E-state index is 0.417. The summed E-state index contributed by atoms with van der Waals surface area (Å²) in [4.78, 5) is 55.1. The lowest BCUT2D eigenvalue weighted by Gasteiger charge is -2.18. The number of anilines is 1. The molecule has 1 amide bonds. The SMILES string of the molecule is Nc1c(C(=O)N[C@@H](CC(=O)O)C(=O)O)ncn1[C@@H]1O[C@H](COP(=O)(O)O)[C@H](O)[C@H]1O. The number of amides is 1. The van der Waals surface area contributed by atoms with Crippen molar-refractivity contribution in [2.75, 3.05) is 12.3 Å². The average Bonchev–Trinajstić information content (AvgIpc) is 3.12. The number of carboxylic acids is 2. The number of aliphatic hydroxyl groups is 2. The van der Waals surface area contributed by atoms with Gasteiger partial charge in [-0.25, -0.2) is 14.3 Å². The second kappa shape index (κ2) is 9.05. The Morgan fingerprint density at radius 1 is 1.30 bits per heavy atom. The van der Waals surface area contributed by atoms with Gasteiger partial charge in [-0.3, -0.25) is 18.7 Å². The normalized spacial score (nSPS) is 25.1. The van der Waals surface area contributed by atoms with Crippen molar-refractivity contribution < 1.29 is 58.4 Å². The standard InChI is InChI=1S/C13H19N4O12P/c14-10-7(11(22)16-4(13(23)24)1-6(18)19)15-3-17(10)12-9(21)8(20)5(29-12)2-28-30(25,26)27/h3-5,8-9,12,20-21H,1-2,14H2,(H,16,22)(H,18,19)(H,23,24)(H2,25,26,27)/t4-,5+,8-,9+,12+/m0/s1. The summed E-state index contributed by atoms with van der Waals surface area (Å²) in [5.41, 5.74) is 5.27. The topological polar surface area (TPSA) is 264 Å². The Morgan fingerprint density at radius 2 is 1.93 bits per heavy atom. The first-order valence-electron chi connectivity index (χ1n) is 8.11. The van der Waals surface area contributed by atoms with Gasteiger partial charge in [0.2, 0.25) is 0 Å². The Bertz CT molecular complexity index is 868. The van der Waals surface area contributed by atoms with Gasteiger partial charge in [-0.05, 0) is 0 Å². The smallest absolute Gasteiger partial charge is 0.469 e. The van der Waals surface area contributed by atoms with Crippen LogP contribution in [0.1, 0.15) is 23.1 Å². The van der Waals surface area contributed by atoms with E-state index in [0.717, 1.165) is 10.9 Å². The molecule has 16 nitrogen and oxygen atoms in total. The fourth-order valence-corrected chi connectivity index (χ4v) is 2.96.